The van der Waals surface area contributed by atoms with Crippen LogP contribution in [0.15, 0.2) is 17.5 Å². The van der Waals surface area contributed by atoms with Gasteiger partial charge in [-0.2, -0.15) is 0 Å². The summed E-state index contributed by atoms with van der Waals surface area (Å²) in [6, 6.07) is 2.62. The molecule has 20 heavy (non-hydrogen) atoms. The van der Waals surface area contributed by atoms with Gasteiger partial charge in [-0.25, -0.2) is 4.79 Å². The molecule has 0 unspecified atom stereocenters. The summed E-state index contributed by atoms with van der Waals surface area (Å²) in [6.45, 7) is 1.74. The number of hydrogen-bond donors (Lipinski definition) is 2. The van der Waals surface area contributed by atoms with E-state index in [1.807, 2.05) is 11.4 Å². The van der Waals surface area contributed by atoms with Gasteiger partial charge in [-0.05, 0) is 35.9 Å². The first-order valence-corrected chi connectivity index (χ1v) is 7.90. The van der Waals surface area contributed by atoms with Crippen LogP contribution in [0.4, 0.5) is 0 Å². The second-order valence-electron chi connectivity index (χ2n) is 5.15. The summed E-state index contributed by atoms with van der Waals surface area (Å²) >= 11 is 1.65. The first kappa shape index (κ1) is 15.2. The number of carboxylic acids is 1. The highest BCUT2D eigenvalue weighted by Crippen LogP contribution is 2.26. The maximum Gasteiger partial charge on any atom is 0.328 e. The summed E-state index contributed by atoms with van der Waals surface area (Å²) in [4.78, 5) is 14.1. The standard InChI is InChI=1S/C15H21NO3S/c17-8-7-16(13-3-1-2-4-13)10-14-9-12(11-20-14)5-6-15(18)19/h5-6,9,11,13,17H,1-4,7-8,10H2,(H,18,19). The van der Waals surface area contributed by atoms with Crippen LogP contribution in [-0.4, -0.2) is 40.3 Å². The fourth-order valence-electron chi connectivity index (χ4n) is 2.72. The number of thiophene rings is 1. The number of aliphatic hydroxyl groups excluding tert-OH is 1. The molecule has 0 radical (unpaired) electrons. The first-order chi connectivity index (χ1) is 9.69. The molecule has 0 spiro atoms. The predicted molar refractivity (Wildman–Crippen MR) is 80.7 cm³/mol. The second-order valence-corrected chi connectivity index (χ2v) is 6.15. The zero-order chi connectivity index (χ0) is 14.4. The van der Waals surface area contributed by atoms with Crippen LogP contribution in [0.3, 0.4) is 0 Å². The molecule has 0 bridgehead atoms. The summed E-state index contributed by atoms with van der Waals surface area (Å²) in [5, 5.41) is 19.8. The van der Waals surface area contributed by atoms with Crippen molar-refractivity contribution in [3.05, 3.63) is 28.0 Å². The van der Waals surface area contributed by atoms with Crippen LogP contribution in [0, 0.1) is 0 Å². The molecule has 1 aromatic heterocycles. The highest BCUT2D eigenvalue weighted by atomic mass is 32.1. The average molecular weight is 295 g/mol. The molecular formula is C15H21NO3S. The van der Waals surface area contributed by atoms with E-state index in [-0.39, 0.29) is 6.61 Å². The van der Waals surface area contributed by atoms with Crippen molar-refractivity contribution < 1.29 is 15.0 Å². The molecule has 1 saturated carbocycles. The van der Waals surface area contributed by atoms with Gasteiger partial charge in [-0.15, -0.1) is 11.3 Å². The Labute approximate surface area is 123 Å². The zero-order valence-corrected chi connectivity index (χ0v) is 12.3. The number of carboxylic acid groups (broad SMARTS) is 1. The van der Waals surface area contributed by atoms with E-state index in [0.717, 1.165) is 18.2 Å². The Kier molecular flexibility index (Phi) is 5.76. The third-order valence-electron chi connectivity index (χ3n) is 3.68. The minimum absolute atomic E-state index is 0.188. The van der Waals surface area contributed by atoms with Crippen molar-refractivity contribution in [3.63, 3.8) is 0 Å². The van der Waals surface area contributed by atoms with Crippen molar-refractivity contribution in [2.75, 3.05) is 13.2 Å². The maximum atomic E-state index is 10.5. The lowest BCUT2D eigenvalue weighted by molar-refractivity contribution is -0.131. The zero-order valence-electron chi connectivity index (χ0n) is 11.5. The number of hydrogen-bond acceptors (Lipinski definition) is 4. The van der Waals surface area contributed by atoms with E-state index in [4.69, 9.17) is 5.11 Å². The Morgan fingerprint density at radius 2 is 2.20 bits per heavy atom. The molecule has 0 atom stereocenters. The summed E-state index contributed by atoms with van der Waals surface area (Å²) in [6.07, 6.45) is 7.78. The van der Waals surface area contributed by atoms with Crippen LogP contribution in [0.5, 0.6) is 0 Å². The number of carbonyl (C=O) groups is 1. The van der Waals surface area contributed by atoms with E-state index in [2.05, 4.69) is 4.90 Å². The molecule has 0 aromatic carbocycles. The largest absolute Gasteiger partial charge is 0.478 e. The molecular weight excluding hydrogens is 274 g/mol. The topological polar surface area (TPSA) is 60.8 Å². The lowest BCUT2D eigenvalue weighted by Crippen LogP contribution is -2.34. The third kappa shape index (κ3) is 4.44. The quantitative estimate of drug-likeness (QED) is 0.759. The van der Waals surface area contributed by atoms with E-state index in [9.17, 15) is 9.90 Å². The molecule has 0 saturated heterocycles. The molecule has 1 aliphatic carbocycles. The maximum absolute atomic E-state index is 10.5. The average Bonchev–Trinajstić information content (AvgIpc) is 3.07. The summed E-state index contributed by atoms with van der Waals surface area (Å²) < 4.78 is 0. The Morgan fingerprint density at radius 1 is 1.45 bits per heavy atom. The van der Waals surface area contributed by atoms with Crippen LogP contribution >= 0.6 is 11.3 Å². The molecule has 1 fully saturated rings. The van der Waals surface area contributed by atoms with Gasteiger partial charge in [0.2, 0.25) is 0 Å². The minimum atomic E-state index is -0.925. The predicted octanol–water partition coefficient (Wildman–Crippen LogP) is 2.58. The van der Waals surface area contributed by atoms with Gasteiger partial charge in [0.05, 0.1) is 6.61 Å². The van der Waals surface area contributed by atoms with E-state index in [1.54, 1.807) is 17.4 Å². The fraction of sp³-hybridized carbons (Fsp3) is 0.533. The van der Waals surface area contributed by atoms with Crippen LogP contribution < -0.4 is 0 Å². The molecule has 1 heterocycles. The van der Waals surface area contributed by atoms with Crippen molar-refractivity contribution in [3.8, 4) is 0 Å². The van der Waals surface area contributed by atoms with Crippen LogP contribution in [-0.2, 0) is 11.3 Å². The van der Waals surface area contributed by atoms with Gasteiger partial charge in [0.1, 0.15) is 0 Å². The third-order valence-corrected chi connectivity index (χ3v) is 4.62. The fourth-order valence-corrected chi connectivity index (χ4v) is 3.60. The highest BCUT2D eigenvalue weighted by Gasteiger charge is 2.22. The number of aliphatic carboxylic acids is 1. The van der Waals surface area contributed by atoms with Gasteiger partial charge in [0, 0.05) is 30.1 Å². The molecule has 1 aromatic rings. The lowest BCUT2D eigenvalue weighted by Gasteiger charge is -2.27. The smallest absolute Gasteiger partial charge is 0.328 e. The Morgan fingerprint density at radius 3 is 2.85 bits per heavy atom. The van der Waals surface area contributed by atoms with Gasteiger partial charge in [-0.3, -0.25) is 4.90 Å². The van der Waals surface area contributed by atoms with Gasteiger partial charge >= 0.3 is 5.97 Å². The molecule has 110 valence electrons. The Hall–Kier alpha value is -1.17. The van der Waals surface area contributed by atoms with Crippen LogP contribution in [0.1, 0.15) is 36.1 Å². The summed E-state index contributed by atoms with van der Waals surface area (Å²) in [5.41, 5.74) is 0.933. The van der Waals surface area contributed by atoms with E-state index >= 15 is 0 Å². The number of nitrogens with zero attached hydrogens (tertiary/aromatic N) is 1. The minimum Gasteiger partial charge on any atom is -0.478 e. The Balaban J connectivity index is 1.97. The highest BCUT2D eigenvalue weighted by molar-refractivity contribution is 7.10. The van der Waals surface area contributed by atoms with Crippen molar-refractivity contribution in [2.24, 2.45) is 0 Å². The van der Waals surface area contributed by atoms with Crippen molar-refractivity contribution >= 4 is 23.4 Å². The molecule has 2 rings (SSSR count). The summed E-state index contributed by atoms with van der Waals surface area (Å²) in [5.74, 6) is -0.925. The molecule has 5 heteroatoms. The van der Waals surface area contributed by atoms with Crippen molar-refractivity contribution in [1.82, 2.24) is 4.90 Å². The van der Waals surface area contributed by atoms with Gasteiger partial charge in [-0.1, -0.05) is 12.8 Å². The number of rotatable bonds is 7. The summed E-state index contributed by atoms with van der Waals surface area (Å²) in [7, 11) is 0. The van der Waals surface area contributed by atoms with Crippen LogP contribution in [0.25, 0.3) is 6.08 Å². The van der Waals surface area contributed by atoms with Crippen molar-refractivity contribution in [1.29, 1.82) is 0 Å². The van der Waals surface area contributed by atoms with Gasteiger partial charge in [0.25, 0.3) is 0 Å². The molecule has 0 aliphatic heterocycles. The van der Waals surface area contributed by atoms with E-state index < -0.39 is 5.97 Å². The normalized spacial score (nSPS) is 16.5. The van der Waals surface area contributed by atoms with Gasteiger partial charge < -0.3 is 10.2 Å². The van der Waals surface area contributed by atoms with Gasteiger partial charge in [0.15, 0.2) is 0 Å². The first-order valence-electron chi connectivity index (χ1n) is 7.02. The Bertz CT molecular complexity index is 463. The lowest BCUT2D eigenvalue weighted by atomic mass is 10.2. The molecule has 2 N–H and O–H groups in total. The molecule has 4 nitrogen and oxygen atoms in total. The van der Waals surface area contributed by atoms with Crippen molar-refractivity contribution in [2.45, 2.75) is 38.3 Å². The molecule has 1 aliphatic rings. The molecule has 0 amide bonds. The number of aliphatic hydroxyl groups is 1. The van der Waals surface area contributed by atoms with E-state index in [0.29, 0.717) is 12.6 Å². The van der Waals surface area contributed by atoms with E-state index in [1.165, 1.54) is 30.6 Å². The monoisotopic (exact) mass is 295 g/mol. The SMILES string of the molecule is O=C(O)C=Cc1csc(CN(CCO)C2CCCC2)c1. The second kappa shape index (κ2) is 7.57. The van der Waals surface area contributed by atoms with Crippen LogP contribution in [0.2, 0.25) is 0 Å².